The Morgan fingerprint density at radius 1 is 1.29 bits per heavy atom. The second-order valence-corrected chi connectivity index (χ2v) is 7.07. The van der Waals surface area contributed by atoms with Crippen molar-refractivity contribution in [3.05, 3.63) is 36.2 Å². The Morgan fingerprint density at radius 2 is 2.12 bits per heavy atom. The van der Waals surface area contributed by atoms with Gasteiger partial charge >= 0.3 is 0 Å². The fraction of sp³-hybridized carbons (Fsp3) is 0.556. The maximum atomic E-state index is 5.52. The first-order chi connectivity index (χ1) is 11.7. The number of rotatable bonds is 5. The van der Waals surface area contributed by atoms with Gasteiger partial charge in [-0.2, -0.15) is 0 Å². The first-order valence-electron chi connectivity index (χ1n) is 8.63. The molecule has 4 rings (SSSR count). The molecule has 0 aliphatic carbocycles. The van der Waals surface area contributed by atoms with Crippen molar-refractivity contribution in [1.82, 2.24) is 20.4 Å². The number of ether oxygens (including phenoxy) is 1. The van der Waals surface area contributed by atoms with Gasteiger partial charge in [0.2, 0.25) is 0 Å². The van der Waals surface area contributed by atoms with E-state index in [2.05, 4.69) is 27.4 Å². The molecule has 0 spiro atoms. The zero-order valence-electron chi connectivity index (χ0n) is 14.1. The van der Waals surface area contributed by atoms with Crippen molar-refractivity contribution in [3.8, 4) is 11.5 Å². The van der Waals surface area contributed by atoms with Crippen LogP contribution in [0.2, 0.25) is 0 Å². The second-order valence-electron chi connectivity index (χ2n) is 7.07. The molecule has 0 amide bonds. The first-order valence-corrected chi connectivity index (χ1v) is 8.63. The van der Waals surface area contributed by atoms with Crippen LogP contribution >= 0.6 is 0 Å². The van der Waals surface area contributed by atoms with Gasteiger partial charge in [0.15, 0.2) is 5.76 Å². The van der Waals surface area contributed by atoms with Gasteiger partial charge in [-0.3, -0.25) is 4.98 Å². The van der Waals surface area contributed by atoms with E-state index in [1.54, 1.807) is 6.20 Å². The average molecular weight is 328 g/mol. The minimum atomic E-state index is -0.00115. The van der Waals surface area contributed by atoms with Crippen molar-refractivity contribution in [2.24, 2.45) is 0 Å². The fourth-order valence-corrected chi connectivity index (χ4v) is 3.54. The summed E-state index contributed by atoms with van der Waals surface area (Å²) in [7, 11) is 2.19. The van der Waals surface area contributed by atoms with E-state index in [0.29, 0.717) is 6.04 Å². The summed E-state index contributed by atoms with van der Waals surface area (Å²) >= 11 is 0. The van der Waals surface area contributed by atoms with E-state index in [9.17, 15) is 0 Å². The minimum absolute atomic E-state index is 0.00115. The van der Waals surface area contributed by atoms with Crippen LogP contribution < -0.4 is 5.32 Å². The van der Waals surface area contributed by atoms with Gasteiger partial charge < -0.3 is 19.5 Å². The SMILES string of the molecule is CN1CCC(NC2(Cc3cc(-c4ccccn4)on3)COC2)CC1. The van der Waals surface area contributed by atoms with Crippen molar-refractivity contribution >= 4 is 0 Å². The number of piperidine rings is 1. The molecule has 2 aliphatic rings. The van der Waals surface area contributed by atoms with Gasteiger partial charge in [-0.15, -0.1) is 0 Å². The first kappa shape index (κ1) is 15.7. The van der Waals surface area contributed by atoms with Crippen LogP contribution in [0.5, 0.6) is 0 Å². The molecule has 2 saturated heterocycles. The summed E-state index contributed by atoms with van der Waals surface area (Å²) in [6.07, 6.45) is 4.97. The standard InChI is InChI=1S/C18H24N4O2/c1-22-8-5-14(6-9-22)20-18(12-23-13-18)11-15-10-17(24-21-15)16-4-2-3-7-19-16/h2-4,7,10,14,20H,5-6,8-9,11-13H2,1H3. The molecule has 2 fully saturated rings. The highest BCUT2D eigenvalue weighted by Crippen LogP contribution is 2.26. The highest BCUT2D eigenvalue weighted by Gasteiger charge is 2.41. The average Bonchev–Trinajstić information content (AvgIpc) is 3.04. The molecule has 2 aliphatic heterocycles. The molecular weight excluding hydrogens is 304 g/mol. The number of hydrogen-bond donors (Lipinski definition) is 1. The van der Waals surface area contributed by atoms with E-state index in [1.165, 1.54) is 12.8 Å². The lowest BCUT2D eigenvalue weighted by molar-refractivity contribution is -0.0823. The van der Waals surface area contributed by atoms with E-state index >= 15 is 0 Å². The third-order valence-corrected chi connectivity index (χ3v) is 4.98. The molecule has 2 aromatic rings. The lowest BCUT2D eigenvalue weighted by Crippen LogP contribution is -2.65. The largest absolute Gasteiger partial charge is 0.377 e. The van der Waals surface area contributed by atoms with Gasteiger partial charge in [0.25, 0.3) is 0 Å². The molecule has 0 bridgehead atoms. The lowest BCUT2D eigenvalue weighted by Gasteiger charge is -2.45. The fourth-order valence-electron chi connectivity index (χ4n) is 3.54. The molecule has 4 heterocycles. The maximum Gasteiger partial charge on any atom is 0.185 e. The van der Waals surface area contributed by atoms with Gasteiger partial charge in [-0.05, 0) is 45.1 Å². The van der Waals surface area contributed by atoms with E-state index in [0.717, 1.165) is 49.9 Å². The van der Waals surface area contributed by atoms with Crippen LogP contribution in [0.3, 0.4) is 0 Å². The Hall–Kier alpha value is -1.76. The predicted molar refractivity (Wildman–Crippen MR) is 90.6 cm³/mol. The summed E-state index contributed by atoms with van der Waals surface area (Å²) in [5.74, 6) is 0.722. The predicted octanol–water partition coefficient (Wildman–Crippen LogP) is 1.73. The highest BCUT2D eigenvalue weighted by atomic mass is 16.5. The van der Waals surface area contributed by atoms with Crippen molar-refractivity contribution in [2.75, 3.05) is 33.4 Å². The summed E-state index contributed by atoms with van der Waals surface area (Å²) < 4.78 is 11.0. The van der Waals surface area contributed by atoms with Crippen LogP contribution in [0.4, 0.5) is 0 Å². The Morgan fingerprint density at radius 3 is 2.79 bits per heavy atom. The monoisotopic (exact) mass is 328 g/mol. The number of pyridine rings is 1. The van der Waals surface area contributed by atoms with Crippen LogP contribution in [0.1, 0.15) is 18.5 Å². The summed E-state index contributed by atoms with van der Waals surface area (Å²) in [5.41, 5.74) is 1.77. The molecule has 6 nitrogen and oxygen atoms in total. The van der Waals surface area contributed by atoms with Crippen molar-refractivity contribution in [3.63, 3.8) is 0 Å². The zero-order valence-corrected chi connectivity index (χ0v) is 14.1. The molecule has 2 aromatic heterocycles. The van der Waals surface area contributed by atoms with Crippen LogP contribution in [-0.2, 0) is 11.2 Å². The Balaban J connectivity index is 1.42. The quantitative estimate of drug-likeness (QED) is 0.902. The molecule has 1 N–H and O–H groups in total. The van der Waals surface area contributed by atoms with Crippen molar-refractivity contribution in [2.45, 2.75) is 30.8 Å². The third-order valence-electron chi connectivity index (χ3n) is 4.98. The Kier molecular flexibility index (Phi) is 4.35. The third kappa shape index (κ3) is 3.36. The topological polar surface area (TPSA) is 63.4 Å². The highest BCUT2D eigenvalue weighted by molar-refractivity contribution is 5.51. The number of nitrogens with zero attached hydrogens (tertiary/aromatic N) is 3. The van der Waals surface area contributed by atoms with Crippen molar-refractivity contribution < 1.29 is 9.26 Å². The molecule has 6 heteroatoms. The van der Waals surface area contributed by atoms with E-state index < -0.39 is 0 Å². The normalized spacial score (nSPS) is 21.5. The van der Waals surface area contributed by atoms with Gasteiger partial charge in [0.05, 0.1) is 24.4 Å². The molecule has 0 saturated carbocycles. The van der Waals surface area contributed by atoms with E-state index in [-0.39, 0.29) is 5.54 Å². The van der Waals surface area contributed by atoms with Gasteiger partial charge in [0.1, 0.15) is 5.69 Å². The smallest absolute Gasteiger partial charge is 0.185 e. The molecule has 128 valence electrons. The molecule has 0 unspecified atom stereocenters. The van der Waals surface area contributed by atoms with Crippen LogP contribution in [-0.4, -0.2) is 60.0 Å². The van der Waals surface area contributed by atoms with Crippen LogP contribution in [0.25, 0.3) is 11.5 Å². The number of nitrogens with one attached hydrogen (secondary N) is 1. The van der Waals surface area contributed by atoms with E-state index in [1.807, 2.05) is 24.3 Å². The van der Waals surface area contributed by atoms with Crippen LogP contribution in [0, 0.1) is 0 Å². The second kappa shape index (κ2) is 6.63. The van der Waals surface area contributed by atoms with Crippen LogP contribution in [0.15, 0.2) is 35.0 Å². The maximum absolute atomic E-state index is 5.52. The van der Waals surface area contributed by atoms with E-state index in [4.69, 9.17) is 9.26 Å². The number of aromatic nitrogens is 2. The zero-order chi connectivity index (χ0) is 16.4. The van der Waals surface area contributed by atoms with Gasteiger partial charge in [-0.1, -0.05) is 11.2 Å². The summed E-state index contributed by atoms with van der Waals surface area (Å²) in [6, 6.07) is 8.34. The van der Waals surface area contributed by atoms with Gasteiger partial charge in [0, 0.05) is 24.7 Å². The summed E-state index contributed by atoms with van der Waals surface area (Å²) in [4.78, 5) is 6.70. The number of hydrogen-bond acceptors (Lipinski definition) is 6. The molecular formula is C18H24N4O2. The summed E-state index contributed by atoms with van der Waals surface area (Å²) in [6.45, 7) is 3.79. The summed E-state index contributed by atoms with van der Waals surface area (Å²) in [5, 5.41) is 8.08. The van der Waals surface area contributed by atoms with Crippen molar-refractivity contribution in [1.29, 1.82) is 0 Å². The van der Waals surface area contributed by atoms with Gasteiger partial charge in [-0.25, -0.2) is 0 Å². The lowest BCUT2D eigenvalue weighted by atomic mass is 9.88. The molecule has 24 heavy (non-hydrogen) atoms. The number of likely N-dealkylation sites (tertiary alicyclic amines) is 1. The minimum Gasteiger partial charge on any atom is -0.377 e. The molecule has 0 atom stereocenters. The molecule has 0 radical (unpaired) electrons. The Bertz CT molecular complexity index is 661. The Labute approximate surface area is 142 Å². The molecule has 0 aromatic carbocycles.